The van der Waals surface area contributed by atoms with Crippen LogP contribution in [0, 0.1) is 0 Å². The van der Waals surface area contributed by atoms with E-state index in [9.17, 15) is 14.7 Å². The number of aliphatic hydroxyl groups excluding tert-OH is 1. The number of aliphatic hydroxyl groups is 1. The number of methoxy groups -OCH3 is 1. The zero-order valence-electron chi connectivity index (χ0n) is 12.8. The quantitative estimate of drug-likeness (QED) is 0.751. The van der Waals surface area contributed by atoms with Crippen molar-refractivity contribution < 1.29 is 24.0 Å². The summed E-state index contributed by atoms with van der Waals surface area (Å²) < 4.78 is 9.72. The van der Waals surface area contributed by atoms with Gasteiger partial charge in [-0.1, -0.05) is 16.8 Å². The number of likely N-dealkylation sites (tertiary alicyclic amines) is 1. The third-order valence-corrected chi connectivity index (χ3v) is 3.86. The minimum Gasteiger partial charge on any atom is -0.389 e. The Labute approximate surface area is 138 Å². The molecule has 0 bridgehead atoms. The Morgan fingerprint density at radius 2 is 2.39 bits per heavy atom. The summed E-state index contributed by atoms with van der Waals surface area (Å²) in [6.45, 7) is 0.649. The van der Waals surface area contributed by atoms with E-state index in [1.165, 1.54) is 12.0 Å². The Hall–Kier alpha value is -1.64. The van der Waals surface area contributed by atoms with Crippen molar-refractivity contribution in [3.05, 3.63) is 17.0 Å². The highest BCUT2D eigenvalue weighted by molar-refractivity contribution is 6.29. The minimum atomic E-state index is -0.798. The molecule has 8 nitrogen and oxygen atoms in total. The van der Waals surface area contributed by atoms with Crippen molar-refractivity contribution in [3.8, 4) is 0 Å². The fourth-order valence-electron chi connectivity index (χ4n) is 2.46. The first kappa shape index (κ1) is 17.7. The van der Waals surface area contributed by atoms with Crippen LogP contribution < -0.4 is 5.32 Å². The third kappa shape index (κ3) is 5.19. The predicted molar refractivity (Wildman–Crippen MR) is 80.8 cm³/mol. The Morgan fingerprint density at radius 3 is 3.00 bits per heavy atom. The molecule has 2 amide bonds. The van der Waals surface area contributed by atoms with E-state index >= 15 is 0 Å². The van der Waals surface area contributed by atoms with Crippen LogP contribution in [0.5, 0.6) is 0 Å². The zero-order chi connectivity index (χ0) is 16.8. The van der Waals surface area contributed by atoms with Gasteiger partial charge in [0.05, 0.1) is 12.1 Å². The average molecular weight is 346 g/mol. The monoisotopic (exact) mass is 345 g/mol. The molecule has 0 spiro atoms. The minimum absolute atomic E-state index is 0.0104. The van der Waals surface area contributed by atoms with E-state index in [0.29, 0.717) is 25.1 Å². The van der Waals surface area contributed by atoms with Gasteiger partial charge in [-0.25, -0.2) is 0 Å². The maximum Gasteiger partial charge on any atom is 0.248 e. The number of ether oxygens (including phenoxy) is 1. The van der Waals surface area contributed by atoms with E-state index in [1.54, 1.807) is 6.07 Å². The van der Waals surface area contributed by atoms with Crippen LogP contribution in [0.4, 0.5) is 0 Å². The van der Waals surface area contributed by atoms with Crippen molar-refractivity contribution in [1.29, 1.82) is 0 Å². The number of halogens is 1. The molecule has 0 aromatic carbocycles. The third-order valence-electron chi connectivity index (χ3n) is 3.68. The van der Waals surface area contributed by atoms with Gasteiger partial charge in [0, 0.05) is 39.1 Å². The summed E-state index contributed by atoms with van der Waals surface area (Å²) in [5, 5.41) is 16.7. The average Bonchev–Trinajstić information content (AvgIpc) is 2.93. The molecule has 23 heavy (non-hydrogen) atoms. The highest BCUT2D eigenvalue weighted by Crippen LogP contribution is 2.13. The molecule has 1 saturated heterocycles. The van der Waals surface area contributed by atoms with Crippen molar-refractivity contribution in [2.24, 2.45) is 0 Å². The fourth-order valence-corrected chi connectivity index (χ4v) is 2.62. The largest absolute Gasteiger partial charge is 0.389 e. The summed E-state index contributed by atoms with van der Waals surface area (Å²) in [4.78, 5) is 25.2. The Bertz CT molecular complexity index is 550. The number of aryl methyl sites for hydroxylation is 1. The molecule has 0 radical (unpaired) electrons. The van der Waals surface area contributed by atoms with E-state index in [2.05, 4.69) is 10.5 Å². The van der Waals surface area contributed by atoms with Crippen molar-refractivity contribution in [3.63, 3.8) is 0 Å². The summed E-state index contributed by atoms with van der Waals surface area (Å²) in [5.74, 6) is 0.169. The van der Waals surface area contributed by atoms with Gasteiger partial charge in [-0.3, -0.25) is 9.59 Å². The van der Waals surface area contributed by atoms with Crippen LogP contribution in [0.1, 0.15) is 18.6 Å². The van der Waals surface area contributed by atoms with E-state index in [0.717, 1.165) is 0 Å². The molecule has 0 aliphatic carbocycles. The number of hydrogen-bond acceptors (Lipinski definition) is 6. The summed E-state index contributed by atoms with van der Waals surface area (Å²) in [6.07, 6.45) is 0.290. The number of amides is 2. The second kappa shape index (κ2) is 8.28. The first-order chi connectivity index (χ1) is 11.0. The lowest BCUT2D eigenvalue weighted by atomic mass is 10.0. The maximum atomic E-state index is 11.9. The predicted octanol–water partition coefficient (Wildman–Crippen LogP) is -0.0150. The van der Waals surface area contributed by atoms with Crippen LogP contribution >= 0.6 is 11.6 Å². The number of carbonyl (C=O) groups is 2. The lowest BCUT2D eigenvalue weighted by Crippen LogP contribution is -2.55. The molecule has 1 aliphatic heterocycles. The number of piperidine rings is 1. The van der Waals surface area contributed by atoms with Gasteiger partial charge in [0.25, 0.3) is 0 Å². The van der Waals surface area contributed by atoms with Crippen LogP contribution in [0.3, 0.4) is 0 Å². The molecule has 1 aromatic heterocycles. The van der Waals surface area contributed by atoms with Crippen LogP contribution in [-0.4, -0.2) is 65.9 Å². The topological polar surface area (TPSA) is 105 Å². The van der Waals surface area contributed by atoms with Gasteiger partial charge in [0.15, 0.2) is 5.15 Å². The van der Waals surface area contributed by atoms with Crippen molar-refractivity contribution >= 4 is 23.4 Å². The van der Waals surface area contributed by atoms with Gasteiger partial charge in [-0.2, -0.15) is 0 Å². The van der Waals surface area contributed by atoms with Gasteiger partial charge in [-0.05, 0) is 6.42 Å². The second-order valence-corrected chi connectivity index (χ2v) is 5.81. The highest BCUT2D eigenvalue weighted by Gasteiger charge is 2.30. The first-order valence-corrected chi connectivity index (χ1v) is 7.72. The zero-order valence-corrected chi connectivity index (χ0v) is 13.6. The molecular weight excluding hydrogens is 326 g/mol. The van der Waals surface area contributed by atoms with E-state index < -0.39 is 6.10 Å². The fraction of sp³-hybridized carbons (Fsp3) is 0.643. The second-order valence-electron chi connectivity index (χ2n) is 5.42. The Balaban J connectivity index is 1.75. The van der Waals surface area contributed by atoms with Crippen LogP contribution in [-0.2, 0) is 20.7 Å². The number of aromatic nitrogens is 1. The van der Waals surface area contributed by atoms with Crippen molar-refractivity contribution in [1.82, 2.24) is 15.4 Å². The number of carbonyl (C=O) groups excluding carboxylic acids is 2. The van der Waals surface area contributed by atoms with Crippen molar-refractivity contribution in [2.75, 3.05) is 26.8 Å². The highest BCUT2D eigenvalue weighted by atomic mass is 35.5. The molecule has 1 aromatic rings. The van der Waals surface area contributed by atoms with Crippen LogP contribution in [0.15, 0.2) is 10.6 Å². The number of nitrogens with one attached hydrogen (secondary N) is 1. The van der Waals surface area contributed by atoms with Gasteiger partial charge >= 0.3 is 0 Å². The van der Waals surface area contributed by atoms with Crippen LogP contribution in [0.2, 0.25) is 5.15 Å². The van der Waals surface area contributed by atoms with E-state index in [4.69, 9.17) is 20.9 Å². The molecule has 2 atom stereocenters. The Kier molecular flexibility index (Phi) is 6.37. The number of hydrogen-bond donors (Lipinski definition) is 2. The SMILES string of the molecule is COCC(=O)N1CC[C@@H](NC(=O)CCc2cc(Cl)no2)[C@H](O)C1. The molecule has 2 rings (SSSR count). The molecular formula is C14H20ClN3O5. The lowest BCUT2D eigenvalue weighted by Gasteiger charge is -2.36. The lowest BCUT2D eigenvalue weighted by molar-refractivity contribution is -0.139. The molecule has 1 aliphatic rings. The van der Waals surface area contributed by atoms with Crippen LogP contribution in [0.25, 0.3) is 0 Å². The van der Waals surface area contributed by atoms with Gasteiger partial charge in [0.1, 0.15) is 12.4 Å². The first-order valence-electron chi connectivity index (χ1n) is 7.35. The van der Waals surface area contributed by atoms with Gasteiger partial charge in [-0.15, -0.1) is 0 Å². The molecule has 2 N–H and O–H groups in total. The summed E-state index contributed by atoms with van der Waals surface area (Å²) >= 11 is 5.63. The van der Waals surface area contributed by atoms with Gasteiger partial charge < -0.3 is 24.6 Å². The standard InChI is InChI=1S/C14H20ClN3O5/c1-22-8-14(21)18-5-4-10(11(19)7-18)16-13(20)3-2-9-6-12(15)17-23-9/h6,10-11,19H,2-5,7-8H2,1H3,(H,16,20)/t10-,11-/m1/s1. The normalized spacial score (nSPS) is 21.3. The molecule has 1 fully saturated rings. The number of rotatable bonds is 6. The molecule has 0 unspecified atom stereocenters. The summed E-state index contributed by atoms with van der Waals surface area (Å²) in [6, 6.07) is 1.19. The summed E-state index contributed by atoms with van der Waals surface area (Å²) in [5.41, 5.74) is 0. The van der Waals surface area contributed by atoms with Gasteiger partial charge in [0.2, 0.25) is 11.8 Å². The molecule has 2 heterocycles. The number of nitrogens with zero attached hydrogens (tertiary/aromatic N) is 2. The smallest absolute Gasteiger partial charge is 0.248 e. The van der Waals surface area contributed by atoms with E-state index in [-0.39, 0.29) is 42.6 Å². The maximum absolute atomic E-state index is 11.9. The molecule has 0 saturated carbocycles. The molecule has 128 valence electrons. The number of β-amino-alcohol motifs (C(OH)–C–C–N with tert-alkyl or cyclic N) is 1. The summed E-state index contributed by atoms with van der Waals surface area (Å²) in [7, 11) is 1.45. The van der Waals surface area contributed by atoms with E-state index in [1.807, 2.05) is 0 Å². The van der Waals surface area contributed by atoms with Crippen molar-refractivity contribution in [2.45, 2.75) is 31.4 Å². The Morgan fingerprint density at radius 1 is 1.61 bits per heavy atom. The molecule has 9 heteroatoms.